The van der Waals surface area contributed by atoms with Gasteiger partial charge in [-0.05, 0) is 30.4 Å². The Morgan fingerprint density at radius 3 is 2.14 bits per heavy atom. The number of benzene rings is 2. The van der Waals surface area contributed by atoms with Gasteiger partial charge in [0.15, 0.2) is 0 Å². The van der Waals surface area contributed by atoms with Crippen LogP contribution in [0.4, 0.5) is 0 Å². The van der Waals surface area contributed by atoms with E-state index in [1.165, 1.54) is 16.7 Å². The molecule has 1 heteroatoms. The first-order valence-electron chi connectivity index (χ1n) is 7.98. The second-order valence-electron chi connectivity index (χ2n) is 6.18. The predicted octanol–water partition coefficient (Wildman–Crippen LogP) is 4.69. The van der Waals surface area contributed by atoms with Crippen molar-refractivity contribution in [2.45, 2.75) is 45.6 Å². The van der Waals surface area contributed by atoms with E-state index in [0.717, 1.165) is 12.8 Å². The lowest BCUT2D eigenvalue weighted by molar-refractivity contribution is 0.380. The average molecular weight is 281 g/mol. The molecule has 0 saturated heterocycles. The molecule has 2 aromatic rings. The van der Waals surface area contributed by atoms with Gasteiger partial charge in [-0.1, -0.05) is 80.4 Å². The summed E-state index contributed by atoms with van der Waals surface area (Å²) >= 11 is 0. The van der Waals surface area contributed by atoms with Crippen molar-refractivity contribution < 1.29 is 0 Å². The molecule has 0 aromatic heterocycles. The third kappa shape index (κ3) is 4.18. The van der Waals surface area contributed by atoms with Crippen molar-refractivity contribution in [2.75, 3.05) is 0 Å². The molecule has 0 bridgehead atoms. The molecule has 112 valence electrons. The van der Waals surface area contributed by atoms with Gasteiger partial charge in [-0.3, -0.25) is 0 Å². The summed E-state index contributed by atoms with van der Waals surface area (Å²) < 4.78 is 0. The second-order valence-corrected chi connectivity index (χ2v) is 6.18. The summed E-state index contributed by atoms with van der Waals surface area (Å²) in [6, 6.07) is 19.6. The largest absolute Gasteiger partial charge is 0.327 e. The van der Waals surface area contributed by atoms with Crippen LogP contribution in [0.25, 0.3) is 0 Å². The van der Waals surface area contributed by atoms with E-state index in [-0.39, 0.29) is 6.04 Å². The summed E-state index contributed by atoms with van der Waals surface area (Å²) in [5.74, 6) is 1.00. The number of aryl methyl sites for hydroxylation is 1. The molecule has 2 rings (SSSR count). The fourth-order valence-corrected chi connectivity index (χ4v) is 3.05. The number of hydrogen-bond acceptors (Lipinski definition) is 1. The van der Waals surface area contributed by atoms with Gasteiger partial charge in [-0.15, -0.1) is 0 Å². The van der Waals surface area contributed by atoms with E-state index < -0.39 is 0 Å². The Balaban J connectivity index is 2.18. The Morgan fingerprint density at radius 2 is 1.57 bits per heavy atom. The Bertz CT molecular complexity index is 530. The van der Waals surface area contributed by atoms with Crippen molar-refractivity contribution in [3.8, 4) is 0 Å². The molecule has 0 aliphatic carbocycles. The molecule has 0 aliphatic heterocycles. The summed E-state index contributed by atoms with van der Waals surface area (Å²) in [5, 5.41) is 0. The minimum absolute atomic E-state index is 0.157. The van der Waals surface area contributed by atoms with E-state index in [9.17, 15) is 0 Å². The minimum Gasteiger partial charge on any atom is -0.327 e. The van der Waals surface area contributed by atoms with Crippen LogP contribution in [0, 0.1) is 12.8 Å². The van der Waals surface area contributed by atoms with Gasteiger partial charge in [0, 0.05) is 12.0 Å². The standard InChI is InChI=1S/C20H27N/c1-4-16(3)20(18-8-6-5-7-9-18)19(21)14-17-12-10-15(2)11-13-17/h5-13,16,19-20H,4,14,21H2,1-3H3. The van der Waals surface area contributed by atoms with Crippen molar-refractivity contribution in [1.29, 1.82) is 0 Å². The normalized spacial score (nSPS) is 15.4. The van der Waals surface area contributed by atoms with Crippen LogP contribution >= 0.6 is 0 Å². The van der Waals surface area contributed by atoms with Crippen molar-refractivity contribution in [2.24, 2.45) is 11.7 Å². The highest BCUT2D eigenvalue weighted by molar-refractivity contribution is 5.26. The lowest BCUT2D eigenvalue weighted by atomic mass is 9.78. The van der Waals surface area contributed by atoms with Gasteiger partial charge in [0.05, 0.1) is 0 Å². The van der Waals surface area contributed by atoms with Crippen molar-refractivity contribution >= 4 is 0 Å². The maximum absolute atomic E-state index is 6.60. The first-order valence-corrected chi connectivity index (χ1v) is 7.98. The summed E-state index contributed by atoms with van der Waals surface area (Å²) in [4.78, 5) is 0. The highest BCUT2D eigenvalue weighted by Gasteiger charge is 2.24. The third-order valence-electron chi connectivity index (χ3n) is 4.49. The number of hydrogen-bond donors (Lipinski definition) is 1. The average Bonchev–Trinajstić information content (AvgIpc) is 2.50. The summed E-state index contributed by atoms with van der Waals surface area (Å²) in [6.45, 7) is 6.68. The molecule has 2 aromatic carbocycles. The van der Waals surface area contributed by atoms with E-state index in [1.54, 1.807) is 0 Å². The predicted molar refractivity (Wildman–Crippen MR) is 91.5 cm³/mol. The Morgan fingerprint density at radius 1 is 0.952 bits per heavy atom. The second kappa shape index (κ2) is 7.42. The molecule has 0 fully saturated rings. The molecule has 0 amide bonds. The lowest BCUT2D eigenvalue weighted by Gasteiger charge is -2.29. The smallest absolute Gasteiger partial charge is 0.0151 e. The van der Waals surface area contributed by atoms with Gasteiger partial charge >= 0.3 is 0 Å². The van der Waals surface area contributed by atoms with Crippen LogP contribution in [0.15, 0.2) is 54.6 Å². The van der Waals surface area contributed by atoms with Gasteiger partial charge < -0.3 is 5.73 Å². The lowest BCUT2D eigenvalue weighted by Crippen LogP contribution is -2.34. The van der Waals surface area contributed by atoms with Crippen LogP contribution in [-0.2, 0) is 6.42 Å². The topological polar surface area (TPSA) is 26.0 Å². The zero-order valence-corrected chi connectivity index (χ0v) is 13.4. The molecule has 0 saturated carbocycles. The van der Waals surface area contributed by atoms with Crippen LogP contribution in [0.1, 0.15) is 42.9 Å². The van der Waals surface area contributed by atoms with Crippen LogP contribution < -0.4 is 5.73 Å². The molecule has 2 N–H and O–H groups in total. The molecule has 21 heavy (non-hydrogen) atoms. The highest BCUT2D eigenvalue weighted by atomic mass is 14.7. The van der Waals surface area contributed by atoms with Gasteiger partial charge in [-0.25, -0.2) is 0 Å². The van der Waals surface area contributed by atoms with Crippen LogP contribution in [0.2, 0.25) is 0 Å². The summed E-state index contributed by atoms with van der Waals surface area (Å²) in [7, 11) is 0. The van der Waals surface area contributed by atoms with Crippen molar-refractivity contribution in [3.63, 3.8) is 0 Å². The summed E-state index contributed by atoms with van der Waals surface area (Å²) in [5.41, 5.74) is 10.6. The van der Waals surface area contributed by atoms with E-state index >= 15 is 0 Å². The molecular weight excluding hydrogens is 254 g/mol. The maximum Gasteiger partial charge on any atom is 0.0151 e. The molecule has 1 nitrogen and oxygen atoms in total. The van der Waals surface area contributed by atoms with Gasteiger partial charge in [0.25, 0.3) is 0 Å². The van der Waals surface area contributed by atoms with E-state index in [2.05, 4.69) is 75.4 Å². The Labute approximate surface area is 129 Å². The molecule has 0 heterocycles. The molecule has 0 aliphatic rings. The van der Waals surface area contributed by atoms with Crippen molar-refractivity contribution in [1.82, 2.24) is 0 Å². The van der Waals surface area contributed by atoms with E-state index in [4.69, 9.17) is 5.73 Å². The van der Waals surface area contributed by atoms with E-state index in [0.29, 0.717) is 11.8 Å². The van der Waals surface area contributed by atoms with E-state index in [1.807, 2.05) is 0 Å². The molecule has 3 atom stereocenters. The first kappa shape index (κ1) is 15.8. The highest BCUT2D eigenvalue weighted by Crippen LogP contribution is 2.30. The fraction of sp³-hybridized carbons (Fsp3) is 0.400. The molecule has 0 spiro atoms. The molecule has 0 radical (unpaired) electrons. The van der Waals surface area contributed by atoms with Crippen LogP contribution in [0.3, 0.4) is 0 Å². The Kier molecular flexibility index (Phi) is 5.58. The molecule has 3 unspecified atom stereocenters. The Hall–Kier alpha value is -1.60. The zero-order valence-electron chi connectivity index (χ0n) is 13.4. The quantitative estimate of drug-likeness (QED) is 0.816. The minimum atomic E-state index is 0.157. The zero-order chi connectivity index (χ0) is 15.2. The molecular formula is C20H27N. The first-order chi connectivity index (χ1) is 10.1. The maximum atomic E-state index is 6.60. The monoisotopic (exact) mass is 281 g/mol. The van der Waals surface area contributed by atoms with Gasteiger partial charge in [0.2, 0.25) is 0 Å². The third-order valence-corrected chi connectivity index (χ3v) is 4.49. The fourth-order valence-electron chi connectivity index (χ4n) is 3.05. The van der Waals surface area contributed by atoms with Gasteiger partial charge in [0.1, 0.15) is 0 Å². The van der Waals surface area contributed by atoms with Crippen LogP contribution in [0.5, 0.6) is 0 Å². The number of rotatable bonds is 6. The van der Waals surface area contributed by atoms with Gasteiger partial charge in [-0.2, -0.15) is 0 Å². The number of nitrogens with two attached hydrogens (primary N) is 1. The summed E-state index contributed by atoms with van der Waals surface area (Å²) in [6.07, 6.45) is 2.09. The van der Waals surface area contributed by atoms with Crippen molar-refractivity contribution in [3.05, 3.63) is 71.3 Å². The van der Waals surface area contributed by atoms with Crippen LogP contribution in [-0.4, -0.2) is 6.04 Å². The SMILES string of the molecule is CCC(C)C(c1ccccc1)C(N)Cc1ccc(C)cc1.